The summed E-state index contributed by atoms with van der Waals surface area (Å²) in [4.78, 5) is 44.0. The topological polar surface area (TPSA) is 60.9 Å². The highest BCUT2D eigenvalue weighted by molar-refractivity contribution is 5.81. The average Bonchev–Trinajstić information content (AvgIpc) is 2.92. The van der Waals surface area contributed by atoms with Crippen molar-refractivity contribution in [1.82, 2.24) is 14.7 Å². The summed E-state index contributed by atoms with van der Waals surface area (Å²) in [5, 5.41) is 0. The second-order valence-corrected chi connectivity index (χ2v) is 9.69. The molecule has 0 radical (unpaired) electrons. The Kier molecular flexibility index (Phi) is 8.93. The Morgan fingerprint density at radius 2 is 1.09 bits per heavy atom. The predicted molar refractivity (Wildman–Crippen MR) is 137 cm³/mol. The molecule has 2 aromatic rings. The second kappa shape index (κ2) is 12.5. The van der Waals surface area contributed by atoms with Crippen molar-refractivity contribution in [3.05, 3.63) is 71.8 Å². The molecule has 0 bridgehead atoms. The molecule has 0 atom stereocenters. The minimum Gasteiger partial charge on any atom is -0.343 e. The Hall–Kier alpha value is -3.15. The maximum absolute atomic E-state index is 13.1. The van der Waals surface area contributed by atoms with Crippen molar-refractivity contribution in [3.8, 4) is 0 Å². The van der Waals surface area contributed by atoms with E-state index < -0.39 is 0 Å². The van der Waals surface area contributed by atoms with Gasteiger partial charge in [-0.25, -0.2) is 0 Å². The molecule has 0 spiro atoms. The Morgan fingerprint density at radius 1 is 0.600 bits per heavy atom. The minimum absolute atomic E-state index is 0.0127. The van der Waals surface area contributed by atoms with Crippen LogP contribution in [-0.2, 0) is 27.2 Å². The largest absolute Gasteiger partial charge is 0.343 e. The van der Waals surface area contributed by atoms with Gasteiger partial charge in [-0.2, -0.15) is 0 Å². The highest BCUT2D eigenvalue weighted by Gasteiger charge is 2.32. The van der Waals surface area contributed by atoms with Crippen molar-refractivity contribution in [1.29, 1.82) is 0 Å². The quantitative estimate of drug-likeness (QED) is 0.587. The van der Waals surface area contributed by atoms with Gasteiger partial charge in [0.2, 0.25) is 17.7 Å². The molecule has 0 aliphatic carbocycles. The number of benzene rings is 2. The molecule has 2 fully saturated rings. The van der Waals surface area contributed by atoms with Crippen molar-refractivity contribution in [2.75, 3.05) is 39.3 Å². The molecule has 4 rings (SSSR count). The fourth-order valence-electron chi connectivity index (χ4n) is 5.11. The van der Waals surface area contributed by atoms with Gasteiger partial charge in [-0.15, -0.1) is 0 Å². The number of nitrogens with zero attached hydrogens (tertiary/aromatic N) is 3. The molecular weight excluding hydrogens is 438 g/mol. The molecule has 2 aliphatic rings. The smallest absolute Gasteiger partial charge is 0.225 e. The fraction of sp³-hybridized carbons (Fsp3) is 0.483. The molecule has 0 saturated carbocycles. The molecule has 186 valence electrons. The van der Waals surface area contributed by atoms with Crippen molar-refractivity contribution in [3.63, 3.8) is 0 Å². The summed E-state index contributed by atoms with van der Waals surface area (Å²) in [6.45, 7) is 3.77. The maximum atomic E-state index is 13.1. The van der Waals surface area contributed by atoms with Gasteiger partial charge in [0, 0.05) is 58.0 Å². The lowest BCUT2D eigenvalue weighted by atomic mass is 9.94. The second-order valence-electron chi connectivity index (χ2n) is 9.69. The molecule has 2 aromatic carbocycles. The zero-order valence-electron chi connectivity index (χ0n) is 20.6. The highest BCUT2D eigenvalue weighted by atomic mass is 16.2. The summed E-state index contributed by atoms with van der Waals surface area (Å²) in [7, 11) is 0. The number of carbonyl (C=O) groups is 3. The molecule has 0 unspecified atom stereocenters. The number of amides is 3. The molecule has 0 N–H and O–H groups in total. The highest BCUT2D eigenvalue weighted by Crippen LogP contribution is 2.22. The Morgan fingerprint density at radius 3 is 1.69 bits per heavy atom. The third-order valence-corrected chi connectivity index (χ3v) is 7.31. The van der Waals surface area contributed by atoms with Crippen LogP contribution in [0.4, 0.5) is 0 Å². The number of likely N-dealkylation sites (tertiary alicyclic amines) is 1. The third-order valence-electron chi connectivity index (χ3n) is 7.31. The van der Waals surface area contributed by atoms with Gasteiger partial charge in [-0.05, 0) is 43.2 Å². The third kappa shape index (κ3) is 7.17. The molecule has 6 heteroatoms. The maximum Gasteiger partial charge on any atom is 0.225 e. The molecule has 6 nitrogen and oxygen atoms in total. The van der Waals surface area contributed by atoms with Crippen molar-refractivity contribution in [2.45, 2.75) is 44.9 Å². The van der Waals surface area contributed by atoms with E-state index in [-0.39, 0.29) is 23.6 Å². The van der Waals surface area contributed by atoms with Crippen LogP contribution < -0.4 is 0 Å². The summed E-state index contributed by atoms with van der Waals surface area (Å²) >= 11 is 0. The van der Waals surface area contributed by atoms with E-state index in [2.05, 4.69) is 24.3 Å². The van der Waals surface area contributed by atoms with E-state index in [0.717, 1.165) is 32.1 Å². The van der Waals surface area contributed by atoms with E-state index in [9.17, 15) is 14.4 Å². The average molecular weight is 476 g/mol. The number of aryl methyl sites for hydroxylation is 2. The Labute approximate surface area is 208 Å². The Balaban J connectivity index is 1.13. The summed E-state index contributed by atoms with van der Waals surface area (Å²) in [5.74, 6) is 0.549. The number of rotatable bonds is 8. The number of carbonyl (C=O) groups excluding carboxylic acids is 3. The number of piperidine rings is 1. The molecule has 3 amide bonds. The normalized spacial score (nSPS) is 16.9. The lowest BCUT2D eigenvalue weighted by Gasteiger charge is -2.38. The molecule has 2 heterocycles. The molecule has 2 aliphatic heterocycles. The Bertz CT molecular complexity index is 963. The summed E-state index contributed by atoms with van der Waals surface area (Å²) < 4.78 is 0. The summed E-state index contributed by atoms with van der Waals surface area (Å²) in [6, 6.07) is 20.3. The first-order chi connectivity index (χ1) is 17.1. The number of hydrogen-bond acceptors (Lipinski definition) is 3. The van der Waals surface area contributed by atoms with Crippen LogP contribution in [0, 0.1) is 5.92 Å². The standard InChI is InChI=1S/C29H37N3O3/c33-27(13-7-12-24-8-3-1-4-9-24)31-20-22-32(23-21-31)29(35)26-16-18-30(19-17-26)28(34)15-14-25-10-5-2-6-11-25/h1-6,8-11,26H,7,12-23H2. The van der Waals surface area contributed by atoms with E-state index in [1.165, 1.54) is 11.1 Å². The first kappa shape index (κ1) is 25.0. The zero-order chi connectivity index (χ0) is 24.5. The van der Waals surface area contributed by atoms with Gasteiger partial charge in [0.05, 0.1) is 0 Å². The first-order valence-corrected chi connectivity index (χ1v) is 13.0. The minimum atomic E-state index is -0.0127. The van der Waals surface area contributed by atoms with Crippen LogP contribution in [0.1, 0.15) is 43.2 Å². The van der Waals surface area contributed by atoms with Gasteiger partial charge in [0.15, 0.2) is 0 Å². The molecule has 2 saturated heterocycles. The molecule has 0 aromatic heterocycles. The number of piperazine rings is 1. The van der Waals surface area contributed by atoms with Crippen LogP contribution in [0.5, 0.6) is 0 Å². The van der Waals surface area contributed by atoms with Gasteiger partial charge >= 0.3 is 0 Å². The fourth-order valence-corrected chi connectivity index (χ4v) is 5.11. The molecule has 35 heavy (non-hydrogen) atoms. The first-order valence-electron chi connectivity index (χ1n) is 13.0. The van der Waals surface area contributed by atoms with Gasteiger partial charge in [0.25, 0.3) is 0 Å². The summed E-state index contributed by atoms with van der Waals surface area (Å²) in [5.41, 5.74) is 2.44. The SMILES string of the molecule is O=C(CCc1ccccc1)N1CCC(C(=O)N2CCN(C(=O)CCCc3ccccc3)CC2)CC1. The lowest BCUT2D eigenvalue weighted by Crippen LogP contribution is -2.53. The van der Waals surface area contributed by atoms with E-state index >= 15 is 0 Å². The monoisotopic (exact) mass is 475 g/mol. The van der Waals surface area contributed by atoms with Crippen LogP contribution in [0.2, 0.25) is 0 Å². The van der Waals surface area contributed by atoms with Crippen LogP contribution >= 0.6 is 0 Å². The van der Waals surface area contributed by atoms with Gasteiger partial charge in [0.1, 0.15) is 0 Å². The van der Waals surface area contributed by atoms with Gasteiger partial charge in [-0.1, -0.05) is 60.7 Å². The van der Waals surface area contributed by atoms with E-state index in [0.29, 0.717) is 52.1 Å². The number of hydrogen-bond donors (Lipinski definition) is 0. The lowest BCUT2D eigenvalue weighted by molar-refractivity contribution is -0.144. The van der Waals surface area contributed by atoms with Crippen LogP contribution in [0.25, 0.3) is 0 Å². The van der Waals surface area contributed by atoms with Gasteiger partial charge < -0.3 is 14.7 Å². The van der Waals surface area contributed by atoms with E-state index in [1.807, 2.05) is 51.1 Å². The predicted octanol–water partition coefficient (Wildman–Crippen LogP) is 3.55. The van der Waals surface area contributed by atoms with Crippen molar-refractivity contribution in [2.24, 2.45) is 5.92 Å². The van der Waals surface area contributed by atoms with Crippen molar-refractivity contribution < 1.29 is 14.4 Å². The van der Waals surface area contributed by atoms with Crippen LogP contribution in [0.3, 0.4) is 0 Å². The van der Waals surface area contributed by atoms with Gasteiger partial charge in [-0.3, -0.25) is 14.4 Å². The molecular formula is C29H37N3O3. The van der Waals surface area contributed by atoms with Crippen LogP contribution in [0.15, 0.2) is 60.7 Å². The van der Waals surface area contributed by atoms with Crippen molar-refractivity contribution >= 4 is 17.7 Å². The zero-order valence-corrected chi connectivity index (χ0v) is 20.6. The van der Waals surface area contributed by atoms with Crippen LogP contribution in [-0.4, -0.2) is 71.7 Å². The van der Waals surface area contributed by atoms with E-state index in [4.69, 9.17) is 0 Å². The summed E-state index contributed by atoms with van der Waals surface area (Å²) in [6.07, 6.45) is 5.06. The van der Waals surface area contributed by atoms with E-state index in [1.54, 1.807) is 0 Å².